The third kappa shape index (κ3) is 2.32. The average molecular weight is 218 g/mol. The van der Waals surface area contributed by atoms with E-state index >= 15 is 0 Å². The Morgan fingerprint density at radius 1 is 1.56 bits per heavy atom. The molecule has 1 unspecified atom stereocenters. The summed E-state index contributed by atoms with van der Waals surface area (Å²) in [4.78, 5) is 10.9. The molecule has 1 saturated heterocycles. The number of hydrogen-bond donors (Lipinski definition) is 1. The highest BCUT2D eigenvalue weighted by atomic mass is 15.3. The van der Waals surface area contributed by atoms with Crippen molar-refractivity contribution in [1.82, 2.24) is 9.97 Å². The van der Waals surface area contributed by atoms with E-state index in [1.807, 2.05) is 13.0 Å². The van der Waals surface area contributed by atoms with Crippen molar-refractivity contribution in [2.75, 3.05) is 23.7 Å². The first-order chi connectivity index (χ1) is 7.69. The third-order valence-corrected chi connectivity index (χ3v) is 2.94. The third-order valence-electron chi connectivity index (χ3n) is 2.94. The first-order valence-corrected chi connectivity index (χ1v) is 5.67. The second kappa shape index (κ2) is 4.51. The smallest absolute Gasteiger partial charge is 0.227 e. The molecule has 1 atom stereocenters. The average Bonchev–Trinajstić information content (AvgIpc) is 2.28. The molecule has 0 amide bonds. The Balaban J connectivity index is 2.19. The van der Waals surface area contributed by atoms with E-state index < -0.39 is 0 Å². The summed E-state index contributed by atoms with van der Waals surface area (Å²) in [5, 5.41) is 0. The van der Waals surface area contributed by atoms with Gasteiger partial charge in [0.05, 0.1) is 0 Å². The highest BCUT2D eigenvalue weighted by Crippen LogP contribution is 2.21. The summed E-state index contributed by atoms with van der Waals surface area (Å²) < 4.78 is 0. The van der Waals surface area contributed by atoms with Gasteiger partial charge in [0.2, 0.25) is 5.95 Å². The van der Waals surface area contributed by atoms with Crippen LogP contribution in [0.1, 0.15) is 18.5 Å². The summed E-state index contributed by atoms with van der Waals surface area (Å²) in [5.41, 5.74) is 6.65. The van der Waals surface area contributed by atoms with Crippen molar-refractivity contribution in [1.29, 1.82) is 0 Å². The second-order valence-corrected chi connectivity index (χ2v) is 4.32. The SMILES string of the molecule is C=CC1CCCN(c2nc(C)cc(N)n2)C1. The van der Waals surface area contributed by atoms with Crippen molar-refractivity contribution in [3.8, 4) is 0 Å². The van der Waals surface area contributed by atoms with E-state index in [9.17, 15) is 0 Å². The summed E-state index contributed by atoms with van der Waals surface area (Å²) in [6.07, 6.45) is 4.39. The van der Waals surface area contributed by atoms with Gasteiger partial charge < -0.3 is 10.6 Å². The number of nitrogens with two attached hydrogens (primary N) is 1. The lowest BCUT2D eigenvalue weighted by molar-refractivity contribution is 0.480. The predicted octanol–water partition coefficient (Wildman–Crippen LogP) is 1.77. The van der Waals surface area contributed by atoms with Crippen molar-refractivity contribution in [3.63, 3.8) is 0 Å². The molecule has 1 aromatic heterocycles. The Labute approximate surface area is 96.2 Å². The van der Waals surface area contributed by atoms with Crippen LogP contribution < -0.4 is 10.6 Å². The molecule has 1 aliphatic rings. The number of rotatable bonds is 2. The fourth-order valence-electron chi connectivity index (χ4n) is 2.10. The standard InChI is InChI=1S/C12H18N4/c1-3-10-5-4-6-16(8-10)12-14-9(2)7-11(13)15-12/h3,7,10H,1,4-6,8H2,2H3,(H2,13,14,15). The van der Waals surface area contributed by atoms with E-state index in [1.165, 1.54) is 6.42 Å². The minimum absolute atomic E-state index is 0.541. The van der Waals surface area contributed by atoms with Gasteiger partial charge in [0.1, 0.15) is 5.82 Å². The van der Waals surface area contributed by atoms with Crippen LogP contribution in [0.15, 0.2) is 18.7 Å². The lowest BCUT2D eigenvalue weighted by Crippen LogP contribution is -2.36. The maximum absolute atomic E-state index is 5.74. The number of nitrogen functional groups attached to an aromatic ring is 1. The zero-order valence-electron chi connectivity index (χ0n) is 9.69. The number of aromatic nitrogens is 2. The van der Waals surface area contributed by atoms with Gasteiger partial charge in [0.25, 0.3) is 0 Å². The van der Waals surface area contributed by atoms with E-state index in [2.05, 4.69) is 21.4 Å². The van der Waals surface area contributed by atoms with Crippen molar-refractivity contribution < 1.29 is 0 Å². The van der Waals surface area contributed by atoms with Gasteiger partial charge in [-0.05, 0) is 25.7 Å². The van der Waals surface area contributed by atoms with E-state index in [4.69, 9.17) is 5.73 Å². The van der Waals surface area contributed by atoms with Crippen LogP contribution in [-0.2, 0) is 0 Å². The summed E-state index contributed by atoms with van der Waals surface area (Å²) in [5.74, 6) is 1.84. The van der Waals surface area contributed by atoms with E-state index in [1.54, 1.807) is 6.07 Å². The van der Waals surface area contributed by atoms with Gasteiger partial charge in [0.15, 0.2) is 0 Å². The molecule has 2 N–H and O–H groups in total. The number of aryl methyl sites for hydroxylation is 1. The molecule has 1 aromatic rings. The van der Waals surface area contributed by atoms with Crippen molar-refractivity contribution in [2.45, 2.75) is 19.8 Å². The molecule has 0 radical (unpaired) electrons. The minimum Gasteiger partial charge on any atom is -0.384 e. The van der Waals surface area contributed by atoms with Gasteiger partial charge in [0, 0.05) is 24.8 Å². The number of piperidine rings is 1. The van der Waals surface area contributed by atoms with E-state index in [0.29, 0.717) is 11.7 Å². The second-order valence-electron chi connectivity index (χ2n) is 4.32. The first kappa shape index (κ1) is 10.9. The lowest BCUT2D eigenvalue weighted by Gasteiger charge is -2.31. The van der Waals surface area contributed by atoms with Crippen LogP contribution in [0.4, 0.5) is 11.8 Å². The molecule has 0 aromatic carbocycles. The Hall–Kier alpha value is -1.58. The normalized spacial score (nSPS) is 20.8. The molecular formula is C12H18N4. The van der Waals surface area contributed by atoms with Crippen LogP contribution >= 0.6 is 0 Å². The summed E-state index contributed by atoms with van der Waals surface area (Å²) in [7, 11) is 0. The van der Waals surface area contributed by atoms with E-state index in [-0.39, 0.29) is 0 Å². The summed E-state index contributed by atoms with van der Waals surface area (Å²) in [6.45, 7) is 7.75. The van der Waals surface area contributed by atoms with Crippen molar-refractivity contribution >= 4 is 11.8 Å². The first-order valence-electron chi connectivity index (χ1n) is 5.67. The molecule has 2 rings (SSSR count). The molecule has 0 spiro atoms. The molecular weight excluding hydrogens is 200 g/mol. The fourth-order valence-corrected chi connectivity index (χ4v) is 2.10. The summed E-state index contributed by atoms with van der Waals surface area (Å²) >= 11 is 0. The van der Waals surface area contributed by atoms with Crippen LogP contribution in [0.25, 0.3) is 0 Å². The highest BCUT2D eigenvalue weighted by Gasteiger charge is 2.19. The van der Waals surface area contributed by atoms with Gasteiger partial charge in [-0.3, -0.25) is 0 Å². The van der Waals surface area contributed by atoms with Crippen LogP contribution in [0.3, 0.4) is 0 Å². The maximum Gasteiger partial charge on any atom is 0.227 e. The number of anilines is 2. The van der Waals surface area contributed by atoms with Gasteiger partial charge in [-0.1, -0.05) is 6.08 Å². The molecule has 4 nitrogen and oxygen atoms in total. The van der Waals surface area contributed by atoms with Gasteiger partial charge in [-0.2, -0.15) is 4.98 Å². The zero-order chi connectivity index (χ0) is 11.5. The predicted molar refractivity (Wildman–Crippen MR) is 66.3 cm³/mol. The number of hydrogen-bond acceptors (Lipinski definition) is 4. The largest absolute Gasteiger partial charge is 0.384 e. The van der Waals surface area contributed by atoms with Crippen molar-refractivity contribution in [2.24, 2.45) is 5.92 Å². The molecule has 2 heterocycles. The Kier molecular flexibility index (Phi) is 3.08. The molecule has 0 saturated carbocycles. The van der Waals surface area contributed by atoms with E-state index in [0.717, 1.165) is 31.2 Å². The van der Waals surface area contributed by atoms with Crippen LogP contribution in [0.2, 0.25) is 0 Å². The highest BCUT2D eigenvalue weighted by molar-refractivity contribution is 5.40. The molecule has 1 aliphatic heterocycles. The summed E-state index contributed by atoms with van der Waals surface area (Å²) in [6, 6.07) is 1.79. The molecule has 1 fully saturated rings. The van der Waals surface area contributed by atoms with Crippen LogP contribution in [-0.4, -0.2) is 23.1 Å². The molecule has 4 heteroatoms. The molecule has 16 heavy (non-hydrogen) atoms. The van der Waals surface area contributed by atoms with Crippen molar-refractivity contribution in [3.05, 3.63) is 24.4 Å². The van der Waals surface area contributed by atoms with Gasteiger partial charge >= 0.3 is 0 Å². The Bertz CT molecular complexity index is 368. The molecule has 0 bridgehead atoms. The molecule has 0 aliphatic carbocycles. The maximum atomic E-state index is 5.74. The lowest BCUT2D eigenvalue weighted by atomic mass is 9.99. The Morgan fingerprint density at radius 2 is 2.38 bits per heavy atom. The van der Waals surface area contributed by atoms with Gasteiger partial charge in [-0.15, -0.1) is 6.58 Å². The monoisotopic (exact) mass is 218 g/mol. The minimum atomic E-state index is 0.541. The quantitative estimate of drug-likeness (QED) is 0.769. The fraction of sp³-hybridized carbons (Fsp3) is 0.500. The van der Waals surface area contributed by atoms with Crippen LogP contribution in [0.5, 0.6) is 0 Å². The van der Waals surface area contributed by atoms with Crippen LogP contribution in [0, 0.1) is 12.8 Å². The van der Waals surface area contributed by atoms with Gasteiger partial charge in [-0.25, -0.2) is 4.98 Å². The topological polar surface area (TPSA) is 55.0 Å². The molecule has 86 valence electrons. The zero-order valence-corrected chi connectivity index (χ0v) is 9.69. The number of nitrogens with zero attached hydrogens (tertiary/aromatic N) is 3. The Morgan fingerprint density at radius 3 is 3.06 bits per heavy atom.